The largest absolute Gasteiger partial charge is 0.497 e. The van der Waals surface area contributed by atoms with Crippen LogP contribution >= 0.6 is 12.2 Å². The third-order valence-electron chi connectivity index (χ3n) is 4.01. The number of hydrogen-bond donors (Lipinski definition) is 1. The maximum atomic E-state index is 5.30. The van der Waals surface area contributed by atoms with E-state index in [2.05, 4.69) is 25.3 Å². The highest BCUT2D eigenvalue weighted by Gasteiger charge is 2.07. The molecular formula is C19H16N6OS. The molecule has 8 heteroatoms. The number of aromatic amines is 1. The second kappa shape index (κ2) is 7.46. The van der Waals surface area contributed by atoms with Crippen LogP contribution in [0.3, 0.4) is 0 Å². The van der Waals surface area contributed by atoms with E-state index in [0.29, 0.717) is 22.7 Å². The van der Waals surface area contributed by atoms with Gasteiger partial charge in [0.1, 0.15) is 11.4 Å². The maximum absolute atomic E-state index is 5.30. The van der Waals surface area contributed by atoms with Crippen LogP contribution in [0.2, 0.25) is 0 Å². The molecule has 7 nitrogen and oxygen atoms in total. The topological polar surface area (TPSA) is 81.0 Å². The van der Waals surface area contributed by atoms with Crippen molar-refractivity contribution < 1.29 is 4.74 Å². The minimum Gasteiger partial charge on any atom is -0.497 e. The number of ether oxygens (including phenoxy) is 1. The predicted molar refractivity (Wildman–Crippen MR) is 106 cm³/mol. The number of fused-ring (bicyclic) bond motifs is 1. The molecule has 0 aliphatic heterocycles. The zero-order valence-corrected chi connectivity index (χ0v) is 15.3. The van der Waals surface area contributed by atoms with Crippen molar-refractivity contribution in [2.24, 2.45) is 5.10 Å². The number of H-pyrrole nitrogens is 1. The van der Waals surface area contributed by atoms with Crippen molar-refractivity contribution in [3.8, 4) is 5.75 Å². The average Bonchev–Trinajstić information content (AvgIpc) is 3.06. The lowest BCUT2D eigenvalue weighted by molar-refractivity contribution is 0.414. The van der Waals surface area contributed by atoms with E-state index in [-0.39, 0.29) is 0 Å². The summed E-state index contributed by atoms with van der Waals surface area (Å²) in [5, 5.41) is 11.5. The smallest absolute Gasteiger partial charge is 0.216 e. The summed E-state index contributed by atoms with van der Waals surface area (Å²) in [6.45, 7) is 0. The Morgan fingerprint density at radius 3 is 2.70 bits per heavy atom. The molecule has 4 rings (SSSR count). The van der Waals surface area contributed by atoms with Gasteiger partial charge in [-0.25, -0.2) is 4.98 Å². The molecule has 2 aromatic carbocycles. The number of methoxy groups -OCH3 is 1. The zero-order valence-electron chi connectivity index (χ0n) is 14.5. The van der Waals surface area contributed by atoms with Crippen molar-refractivity contribution in [2.45, 2.75) is 6.42 Å². The van der Waals surface area contributed by atoms with E-state index in [0.717, 1.165) is 22.3 Å². The van der Waals surface area contributed by atoms with Gasteiger partial charge in [-0.2, -0.15) is 14.9 Å². The molecule has 0 bridgehead atoms. The van der Waals surface area contributed by atoms with Gasteiger partial charge in [0.05, 0.1) is 30.6 Å². The van der Waals surface area contributed by atoms with Crippen molar-refractivity contribution in [2.75, 3.05) is 7.11 Å². The minimum absolute atomic E-state index is 0.420. The fourth-order valence-electron chi connectivity index (χ4n) is 2.63. The number of benzene rings is 2. The third-order valence-corrected chi connectivity index (χ3v) is 4.28. The lowest BCUT2D eigenvalue weighted by atomic mass is 10.1. The quantitative estimate of drug-likeness (QED) is 0.427. The summed E-state index contributed by atoms with van der Waals surface area (Å²) in [5.41, 5.74) is 3.38. The molecule has 27 heavy (non-hydrogen) atoms. The van der Waals surface area contributed by atoms with Gasteiger partial charge in [0.25, 0.3) is 0 Å². The Morgan fingerprint density at radius 1 is 1.15 bits per heavy atom. The van der Waals surface area contributed by atoms with Crippen LogP contribution in [0.4, 0.5) is 0 Å². The lowest BCUT2D eigenvalue weighted by Crippen LogP contribution is -2.01. The molecule has 0 saturated heterocycles. The molecule has 2 heterocycles. The summed E-state index contributed by atoms with van der Waals surface area (Å²) in [7, 11) is 1.64. The van der Waals surface area contributed by atoms with Crippen molar-refractivity contribution in [1.29, 1.82) is 0 Å². The highest BCUT2D eigenvalue weighted by atomic mass is 32.1. The summed E-state index contributed by atoms with van der Waals surface area (Å²) in [5.74, 6) is 1.51. The Morgan fingerprint density at radius 2 is 1.93 bits per heavy atom. The van der Waals surface area contributed by atoms with Crippen LogP contribution in [0, 0.1) is 4.77 Å². The van der Waals surface area contributed by atoms with Crippen LogP contribution in [-0.4, -0.2) is 38.2 Å². The van der Waals surface area contributed by atoms with Crippen molar-refractivity contribution in [3.05, 3.63) is 76.6 Å². The van der Waals surface area contributed by atoms with Crippen LogP contribution in [0.1, 0.15) is 17.1 Å². The van der Waals surface area contributed by atoms with E-state index in [1.165, 1.54) is 0 Å². The van der Waals surface area contributed by atoms with Gasteiger partial charge in [0.15, 0.2) is 5.82 Å². The molecule has 0 atom stereocenters. The van der Waals surface area contributed by atoms with E-state index in [1.54, 1.807) is 24.2 Å². The fraction of sp³-hybridized carbons (Fsp3) is 0.105. The maximum Gasteiger partial charge on any atom is 0.216 e. The van der Waals surface area contributed by atoms with Gasteiger partial charge in [-0.3, -0.25) is 10.1 Å². The SMILES string of the molecule is COc1ccc(Cc2n[nH]c(=S)n2/N=C\c2cnc3ccccc3n2)cc1. The molecule has 134 valence electrons. The monoisotopic (exact) mass is 376 g/mol. The second-order valence-electron chi connectivity index (χ2n) is 5.81. The Labute approximate surface area is 160 Å². The summed E-state index contributed by atoms with van der Waals surface area (Å²) < 4.78 is 7.20. The van der Waals surface area contributed by atoms with Crippen LogP contribution in [0.5, 0.6) is 5.75 Å². The lowest BCUT2D eigenvalue weighted by Gasteiger charge is -2.03. The standard InChI is InChI=1S/C19H16N6OS/c1-26-15-8-6-13(7-9-15)10-18-23-24-19(27)25(18)21-12-14-11-20-16-4-2-3-5-17(16)22-14/h2-9,11-12H,10H2,1H3,(H,24,27)/b21-12-. The van der Waals surface area contributed by atoms with E-state index >= 15 is 0 Å². The molecule has 0 aliphatic carbocycles. The molecule has 1 N–H and O–H groups in total. The summed E-state index contributed by atoms with van der Waals surface area (Å²) in [6, 6.07) is 15.5. The van der Waals surface area contributed by atoms with Crippen LogP contribution in [-0.2, 0) is 6.42 Å². The van der Waals surface area contributed by atoms with E-state index < -0.39 is 0 Å². The van der Waals surface area contributed by atoms with Crippen molar-refractivity contribution in [3.63, 3.8) is 0 Å². The zero-order chi connectivity index (χ0) is 18.6. The number of hydrogen-bond acceptors (Lipinski definition) is 6. The molecule has 0 spiro atoms. The fourth-order valence-corrected chi connectivity index (χ4v) is 2.83. The van der Waals surface area contributed by atoms with Crippen LogP contribution < -0.4 is 4.74 Å². The van der Waals surface area contributed by atoms with Crippen molar-refractivity contribution >= 4 is 29.5 Å². The number of aromatic nitrogens is 5. The number of nitrogens with zero attached hydrogens (tertiary/aromatic N) is 5. The Balaban J connectivity index is 1.60. The Kier molecular flexibility index (Phi) is 4.71. The van der Waals surface area contributed by atoms with E-state index in [1.807, 2.05) is 48.5 Å². The Bertz CT molecular complexity index is 1160. The first-order chi connectivity index (χ1) is 13.2. The average molecular weight is 376 g/mol. The first-order valence-corrected chi connectivity index (χ1v) is 8.69. The van der Waals surface area contributed by atoms with Gasteiger partial charge >= 0.3 is 0 Å². The van der Waals surface area contributed by atoms with Gasteiger partial charge in [-0.1, -0.05) is 24.3 Å². The summed E-state index contributed by atoms with van der Waals surface area (Å²) in [6.07, 6.45) is 3.89. The second-order valence-corrected chi connectivity index (χ2v) is 6.20. The molecule has 0 unspecified atom stereocenters. The van der Waals surface area contributed by atoms with Crippen molar-refractivity contribution in [1.82, 2.24) is 24.8 Å². The van der Waals surface area contributed by atoms with Gasteiger partial charge in [-0.05, 0) is 42.0 Å². The predicted octanol–water partition coefficient (Wildman–Crippen LogP) is 3.37. The Hall–Kier alpha value is -3.39. The van der Waals surface area contributed by atoms with Crippen LogP contribution in [0.25, 0.3) is 11.0 Å². The first-order valence-electron chi connectivity index (χ1n) is 8.28. The van der Waals surface area contributed by atoms with E-state index in [4.69, 9.17) is 17.0 Å². The highest BCUT2D eigenvalue weighted by Crippen LogP contribution is 2.14. The van der Waals surface area contributed by atoms with E-state index in [9.17, 15) is 0 Å². The minimum atomic E-state index is 0.420. The molecule has 0 saturated carbocycles. The molecule has 0 amide bonds. The normalized spacial score (nSPS) is 11.3. The molecule has 4 aromatic rings. The molecule has 0 fully saturated rings. The van der Waals surface area contributed by atoms with Gasteiger partial charge in [-0.15, -0.1) is 0 Å². The number of nitrogens with one attached hydrogen (secondary N) is 1. The van der Waals surface area contributed by atoms with Crippen LogP contribution in [0.15, 0.2) is 59.8 Å². The number of rotatable bonds is 5. The first kappa shape index (κ1) is 17.0. The van der Waals surface area contributed by atoms with Gasteiger partial charge in [0.2, 0.25) is 4.77 Å². The third kappa shape index (κ3) is 3.75. The highest BCUT2D eigenvalue weighted by molar-refractivity contribution is 7.71. The molecule has 0 aliphatic rings. The molecule has 2 aromatic heterocycles. The summed E-state index contributed by atoms with van der Waals surface area (Å²) in [4.78, 5) is 8.92. The molecular weight excluding hydrogens is 360 g/mol. The van der Waals surface area contributed by atoms with Gasteiger partial charge in [0, 0.05) is 6.42 Å². The number of para-hydroxylation sites is 2. The van der Waals surface area contributed by atoms with Gasteiger partial charge < -0.3 is 4.74 Å². The molecule has 0 radical (unpaired) electrons. The summed E-state index contributed by atoms with van der Waals surface area (Å²) >= 11 is 5.30.